The van der Waals surface area contributed by atoms with E-state index in [1.54, 1.807) is 0 Å². The molecule has 0 saturated heterocycles. The number of carbonyl (C=O) groups is 2. The largest absolute Gasteiger partial charge is 0.481 e. The highest BCUT2D eigenvalue weighted by Crippen LogP contribution is 2.18. The van der Waals surface area contributed by atoms with E-state index in [9.17, 15) is 9.59 Å². The molecule has 0 spiro atoms. The summed E-state index contributed by atoms with van der Waals surface area (Å²) in [5, 5.41) is 16.3. The average molecular weight is 206 g/mol. The van der Waals surface area contributed by atoms with Crippen LogP contribution in [0.4, 0.5) is 0 Å². The first kappa shape index (κ1) is 12.3. The van der Waals surface area contributed by atoms with Crippen molar-refractivity contribution in [2.45, 2.75) is 25.5 Å². The predicted molar refractivity (Wildman–Crippen MR) is 51.0 cm³/mol. The van der Waals surface area contributed by atoms with Crippen LogP contribution in [0.3, 0.4) is 0 Å². The first-order valence-electron chi connectivity index (χ1n) is 3.99. The third-order valence-corrected chi connectivity index (χ3v) is 2.90. The lowest BCUT2D eigenvalue weighted by Crippen LogP contribution is -2.21. The van der Waals surface area contributed by atoms with Crippen molar-refractivity contribution in [3.8, 4) is 0 Å². The Kier molecular flexibility index (Phi) is 5.53. The summed E-state index contributed by atoms with van der Waals surface area (Å²) in [6.45, 7) is 3.93. The Bertz CT molecular complexity index is 191. The average Bonchev–Trinajstić information content (AvgIpc) is 1.96. The number of carboxylic acid groups (broad SMARTS) is 2. The van der Waals surface area contributed by atoms with Gasteiger partial charge in [-0.3, -0.25) is 9.59 Å². The van der Waals surface area contributed by atoms with Crippen LogP contribution in [0, 0.1) is 5.92 Å². The molecule has 0 aliphatic rings. The highest BCUT2D eigenvalue weighted by atomic mass is 32.2. The molecule has 13 heavy (non-hydrogen) atoms. The zero-order chi connectivity index (χ0) is 10.4. The molecule has 5 heteroatoms. The van der Waals surface area contributed by atoms with Gasteiger partial charge in [0.1, 0.15) is 5.25 Å². The van der Waals surface area contributed by atoms with Crippen molar-refractivity contribution in [3.63, 3.8) is 0 Å². The first-order valence-corrected chi connectivity index (χ1v) is 5.04. The minimum Gasteiger partial charge on any atom is -0.481 e. The minimum atomic E-state index is -1.07. The molecule has 2 N–H and O–H groups in total. The maximum absolute atomic E-state index is 10.6. The third kappa shape index (κ3) is 6.45. The fourth-order valence-electron chi connectivity index (χ4n) is 0.685. The second-order valence-corrected chi connectivity index (χ2v) is 4.39. The van der Waals surface area contributed by atoms with E-state index in [0.717, 1.165) is 0 Å². The second kappa shape index (κ2) is 5.85. The summed E-state index contributed by atoms with van der Waals surface area (Å²) in [5.41, 5.74) is 0. The molecule has 0 aliphatic carbocycles. The van der Waals surface area contributed by atoms with Gasteiger partial charge in [-0.1, -0.05) is 13.8 Å². The van der Waals surface area contributed by atoms with Gasteiger partial charge in [-0.2, -0.15) is 0 Å². The molecule has 1 atom stereocenters. The first-order chi connectivity index (χ1) is 5.93. The van der Waals surface area contributed by atoms with Crippen LogP contribution in [0.1, 0.15) is 20.3 Å². The highest BCUT2D eigenvalue weighted by Gasteiger charge is 2.21. The van der Waals surface area contributed by atoms with E-state index >= 15 is 0 Å². The molecule has 0 aromatic rings. The van der Waals surface area contributed by atoms with Crippen molar-refractivity contribution in [2.24, 2.45) is 5.92 Å². The topological polar surface area (TPSA) is 74.6 Å². The van der Waals surface area contributed by atoms with E-state index in [2.05, 4.69) is 0 Å². The van der Waals surface area contributed by atoms with Crippen LogP contribution in [0.25, 0.3) is 0 Å². The molecule has 76 valence electrons. The van der Waals surface area contributed by atoms with Gasteiger partial charge in [-0.15, -0.1) is 11.8 Å². The van der Waals surface area contributed by atoms with Crippen LogP contribution < -0.4 is 0 Å². The van der Waals surface area contributed by atoms with Crippen molar-refractivity contribution in [1.82, 2.24) is 0 Å². The molecule has 0 rings (SSSR count). The van der Waals surface area contributed by atoms with Crippen molar-refractivity contribution < 1.29 is 19.8 Å². The zero-order valence-corrected chi connectivity index (χ0v) is 8.50. The molecule has 0 aromatic heterocycles. The number of thioether (sulfide) groups is 1. The van der Waals surface area contributed by atoms with Gasteiger partial charge < -0.3 is 10.2 Å². The summed E-state index contributed by atoms with van der Waals surface area (Å²) < 4.78 is 0. The third-order valence-electron chi connectivity index (χ3n) is 1.27. The molecular weight excluding hydrogens is 192 g/mol. The summed E-state index contributed by atoms with van der Waals surface area (Å²) in [6.07, 6.45) is -0.313. The summed E-state index contributed by atoms with van der Waals surface area (Å²) in [4.78, 5) is 20.8. The smallest absolute Gasteiger partial charge is 0.317 e. The molecule has 0 amide bonds. The molecule has 0 heterocycles. The van der Waals surface area contributed by atoms with Crippen LogP contribution in [0.15, 0.2) is 0 Å². The van der Waals surface area contributed by atoms with Gasteiger partial charge in [0, 0.05) is 0 Å². The number of hydrogen-bond donors (Lipinski definition) is 2. The summed E-state index contributed by atoms with van der Waals surface area (Å²) in [7, 11) is 0. The van der Waals surface area contributed by atoms with Gasteiger partial charge in [0.2, 0.25) is 0 Å². The Hall–Kier alpha value is -0.710. The lowest BCUT2D eigenvalue weighted by molar-refractivity contribution is -0.142. The van der Waals surface area contributed by atoms with E-state index in [4.69, 9.17) is 10.2 Å². The maximum Gasteiger partial charge on any atom is 0.317 e. The number of hydrogen-bond acceptors (Lipinski definition) is 3. The number of aliphatic carboxylic acids is 2. The van der Waals surface area contributed by atoms with Gasteiger partial charge in [-0.05, 0) is 11.7 Å². The van der Waals surface area contributed by atoms with Crippen molar-refractivity contribution in [1.29, 1.82) is 0 Å². The lowest BCUT2D eigenvalue weighted by atomic mass is 10.3. The summed E-state index contributed by atoms with van der Waals surface area (Å²) in [5.74, 6) is -1.07. The predicted octanol–water partition coefficient (Wildman–Crippen LogP) is 1.30. The van der Waals surface area contributed by atoms with Gasteiger partial charge in [-0.25, -0.2) is 0 Å². The Morgan fingerprint density at radius 1 is 1.31 bits per heavy atom. The quantitative estimate of drug-likeness (QED) is 0.685. The standard InChI is InChI=1S/C8H14O4S/c1-5(2)4-13-6(8(11)12)3-7(9)10/h5-6H,3-4H2,1-2H3,(H,9,10)(H,11,12)/t6-/m0/s1. The minimum absolute atomic E-state index is 0.313. The summed E-state index contributed by atoms with van der Waals surface area (Å²) in [6, 6.07) is 0. The van der Waals surface area contributed by atoms with Gasteiger partial charge in [0.05, 0.1) is 6.42 Å². The van der Waals surface area contributed by atoms with Gasteiger partial charge in [0.25, 0.3) is 0 Å². The molecule has 0 fully saturated rings. The Labute approximate surface area is 81.3 Å². The second-order valence-electron chi connectivity index (χ2n) is 3.15. The molecule has 0 aromatic carbocycles. The molecule has 0 saturated carbocycles. The van der Waals surface area contributed by atoms with E-state index in [1.807, 2.05) is 13.8 Å². The van der Waals surface area contributed by atoms with Crippen LogP contribution in [-0.2, 0) is 9.59 Å². The molecule has 0 unspecified atom stereocenters. The van der Waals surface area contributed by atoms with Crippen molar-refractivity contribution >= 4 is 23.7 Å². The Morgan fingerprint density at radius 2 is 1.85 bits per heavy atom. The van der Waals surface area contributed by atoms with Crippen molar-refractivity contribution in [3.05, 3.63) is 0 Å². The summed E-state index contributed by atoms with van der Waals surface area (Å²) >= 11 is 1.19. The fraction of sp³-hybridized carbons (Fsp3) is 0.750. The van der Waals surface area contributed by atoms with Crippen LogP contribution in [-0.4, -0.2) is 33.2 Å². The van der Waals surface area contributed by atoms with E-state index < -0.39 is 17.2 Å². The van der Waals surface area contributed by atoms with Crippen LogP contribution >= 0.6 is 11.8 Å². The van der Waals surface area contributed by atoms with Gasteiger partial charge >= 0.3 is 11.9 Å². The number of rotatable bonds is 6. The van der Waals surface area contributed by atoms with Crippen LogP contribution in [0.2, 0.25) is 0 Å². The Morgan fingerprint density at radius 3 is 2.15 bits per heavy atom. The zero-order valence-electron chi connectivity index (χ0n) is 7.69. The van der Waals surface area contributed by atoms with E-state index in [-0.39, 0.29) is 6.42 Å². The van der Waals surface area contributed by atoms with E-state index in [0.29, 0.717) is 11.7 Å². The van der Waals surface area contributed by atoms with Gasteiger partial charge in [0.15, 0.2) is 0 Å². The van der Waals surface area contributed by atoms with Crippen molar-refractivity contribution in [2.75, 3.05) is 5.75 Å². The Balaban J connectivity index is 3.95. The van der Waals surface area contributed by atoms with E-state index in [1.165, 1.54) is 11.8 Å². The molecule has 0 aliphatic heterocycles. The molecular formula is C8H14O4S. The maximum atomic E-state index is 10.6. The highest BCUT2D eigenvalue weighted by molar-refractivity contribution is 8.00. The molecule has 4 nitrogen and oxygen atoms in total. The molecule has 0 bridgehead atoms. The normalized spacial score (nSPS) is 12.8. The molecule has 0 radical (unpaired) electrons. The SMILES string of the molecule is CC(C)CS[C@@H](CC(=O)O)C(=O)O. The lowest BCUT2D eigenvalue weighted by Gasteiger charge is -2.10. The van der Waals surface area contributed by atoms with Crippen LogP contribution in [0.5, 0.6) is 0 Å². The number of carboxylic acids is 2. The fourth-order valence-corrected chi connectivity index (χ4v) is 1.70. The monoisotopic (exact) mass is 206 g/mol.